The minimum Gasteiger partial charge on any atom is -0.323 e. The van der Waals surface area contributed by atoms with Gasteiger partial charge < -0.3 is 10.6 Å². The van der Waals surface area contributed by atoms with Crippen molar-refractivity contribution in [3.05, 3.63) is 29.3 Å². The Balaban J connectivity index is 1.91. The number of amides is 1. The highest BCUT2D eigenvalue weighted by atomic mass is 32.2. The van der Waals surface area contributed by atoms with E-state index in [1.807, 2.05) is 18.2 Å². The molecule has 2 N–H and O–H groups in total. The van der Waals surface area contributed by atoms with E-state index >= 15 is 0 Å². The minimum absolute atomic E-state index is 0.0565. The average Bonchev–Trinajstić information content (AvgIpc) is 2.72. The van der Waals surface area contributed by atoms with E-state index in [0.717, 1.165) is 29.7 Å². The molecule has 1 fully saturated rings. The molecule has 2 aliphatic heterocycles. The van der Waals surface area contributed by atoms with Crippen LogP contribution in [0.4, 0.5) is 5.69 Å². The highest BCUT2D eigenvalue weighted by Crippen LogP contribution is 2.33. The molecule has 6 heteroatoms. The number of benzene rings is 1. The van der Waals surface area contributed by atoms with Crippen molar-refractivity contribution in [2.45, 2.75) is 37.0 Å². The molecule has 0 saturated carbocycles. The van der Waals surface area contributed by atoms with E-state index in [9.17, 15) is 13.2 Å². The van der Waals surface area contributed by atoms with Gasteiger partial charge in [0, 0.05) is 18.8 Å². The number of sulfone groups is 1. The molecule has 0 bridgehead atoms. The van der Waals surface area contributed by atoms with E-state index in [1.165, 1.54) is 0 Å². The first-order valence-electron chi connectivity index (χ1n) is 7.26. The van der Waals surface area contributed by atoms with Crippen molar-refractivity contribution in [2.75, 3.05) is 17.7 Å². The van der Waals surface area contributed by atoms with Crippen LogP contribution in [-0.2, 0) is 21.1 Å². The van der Waals surface area contributed by atoms with Crippen LogP contribution in [-0.4, -0.2) is 32.4 Å². The molecular formula is C15H20N2O3S. The van der Waals surface area contributed by atoms with Gasteiger partial charge in [0.05, 0.1) is 17.4 Å². The van der Waals surface area contributed by atoms with Crippen LogP contribution in [0.15, 0.2) is 18.2 Å². The van der Waals surface area contributed by atoms with Crippen LogP contribution in [0.3, 0.4) is 0 Å². The monoisotopic (exact) mass is 308 g/mol. The van der Waals surface area contributed by atoms with E-state index in [4.69, 9.17) is 5.73 Å². The number of hydrogen-bond acceptors (Lipinski definition) is 4. The van der Waals surface area contributed by atoms with Crippen LogP contribution in [0.1, 0.15) is 36.4 Å². The summed E-state index contributed by atoms with van der Waals surface area (Å²) in [7, 11) is -1.36. The molecule has 1 saturated heterocycles. The van der Waals surface area contributed by atoms with E-state index in [-0.39, 0.29) is 11.7 Å². The van der Waals surface area contributed by atoms with Crippen LogP contribution in [0.25, 0.3) is 0 Å². The van der Waals surface area contributed by atoms with Gasteiger partial charge in [-0.1, -0.05) is 18.6 Å². The average molecular weight is 308 g/mol. The summed E-state index contributed by atoms with van der Waals surface area (Å²) in [6.07, 6.45) is 2.63. The van der Waals surface area contributed by atoms with Crippen LogP contribution in [0.2, 0.25) is 0 Å². The smallest absolute Gasteiger partial charge is 0.231 e. The summed E-state index contributed by atoms with van der Waals surface area (Å²) >= 11 is 0. The van der Waals surface area contributed by atoms with Gasteiger partial charge in [-0.2, -0.15) is 0 Å². The Morgan fingerprint density at radius 3 is 2.81 bits per heavy atom. The first-order chi connectivity index (χ1) is 9.90. The highest BCUT2D eigenvalue weighted by Gasteiger charge is 2.35. The number of carbonyl (C=O) groups excluding carboxylic acids is 1. The second kappa shape index (κ2) is 5.10. The summed E-state index contributed by atoms with van der Waals surface area (Å²) in [4.78, 5) is 13.3. The maximum Gasteiger partial charge on any atom is 0.231 e. The fourth-order valence-corrected chi connectivity index (χ4v) is 5.33. The van der Waals surface area contributed by atoms with E-state index in [2.05, 4.69) is 0 Å². The number of rotatable bonds is 2. The number of nitrogens with two attached hydrogens (primary N) is 1. The number of carbonyl (C=O) groups is 1. The largest absolute Gasteiger partial charge is 0.323 e. The Kier molecular flexibility index (Phi) is 3.53. The fourth-order valence-electron chi connectivity index (χ4n) is 3.29. The zero-order chi connectivity index (χ0) is 15.2. The van der Waals surface area contributed by atoms with Crippen molar-refractivity contribution in [1.29, 1.82) is 0 Å². The van der Waals surface area contributed by atoms with Crippen LogP contribution in [0, 0.1) is 0 Å². The Hall–Kier alpha value is -1.40. The molecule has 2 atom stereocenters. The van der Waals surface area contributed by atoms with Crippen molar-refractivity contribution in [3.8, 4) is 0 Å². The number of anilines is 1. The zero-order valence-electron chi connectivity index (χ0n) is 12.1. The molecule has 1 amide bonds. The van der Waals surface area contributed by atoms with Gasteiger partial charge in [0.15, 0.2) is 9.84 Å². The molecule has 0 aliphatic carbocycles. The van der Waals surface area contributed by atoms with Gasteiger partial charge in [-0.3, -0.25) is 4.79 Å². The van der Waals surface area contributed by atoms with Crippen LogP contribution >= 0.6 is 0 Å². The number of fused-ring (bicyclic) bond motifs is 1. The maximum atomic E-state index is 12.2. The van der Waals surface area contributed by atoms with Gasteiger partial charge in [0.1, 0.15) is 0 Å². The number of hydrogen-bond donors (Lipinski definition) is 1. The molecule has 2 unspecified atom stereocenters. The second-order valence-corrected chi connectivity index (χ2v) is 8.28. The Morgan fingerprint density at radius 2 is 2.10 bits per heavy atom. The van der Waals surface area contributed by atoms with Gasteiger partial charge in [0.25, 0.3) is 0 Å². The van der Waals surface area contributed by atoms with Gasteiger partial charge in [-0.25, -0.2) is 8.42 Å². The van der Waals surface area contributed by atoms with Crippen molar-refractivity contribution >= 4 is 21.4 Å². The lowest BCUT2D eigenvalue weighted by Crippen LogP contribution is -2.37. The van der Waals surface area contributed by atoms with E-state index in [1.54, 1.807) is 11.9 Å². The SMILES string of the molecule is CN1C(=O)Cc2cc(C(N)C3CCCCS3(=O)=O)ccc21. The summed E-state index contributed by atoms with van der Waals surface area (Å²) in [5, 5.41) is -0.501. The third-order valence-electron chi connectivity index (χ3n) is 4.59. The highest BCUT2D eigenvalue weighted by molar-refractivity contribution is 7.92. The summed E-state index contributed by atoms with van der Waals surface area (Å²) in [6.45, 7) is 0. The fraction of sp³-hybridized carbons (Fsp3) is 0.533. The van der Waals surface area contributed by atoms with Gasteiger partial charge in [-0.15, -0.1) is 0 Å². The summed E-state index contributed by atoms with van der Waals surface area (Å²) in [5.41, 5.74) is 8.87. The molecule has 3 rings (SSSR count). The zero-order valence-corrected chi connectivity index (χ0v) is 12.9. The lowest BCUT2D eigenvalue weighted by molar-refractivity contribution is -0.117. The standard InChI is InChI=1S/C15H20N2O3S/c1-17-12-6-5-10(8-11(12)9-14(17)18)15(16)13-4-2-3-7-21(13,19)20/h5-6,8,13,15H,2-4,7,9,16H2,1H3. The van der Waals surface area contributed by atoms with Gasteiger partial charge >= 0.3 is 0 Å². The van der Waals surface area contributed by atoms with E-state index in [0.29, 0.717) is 12.8 Å². The minimum atomic E-state index is -3.11. The summed E-state index contributed by atoms with van der Waals surface area (Å²) in [5.74, 6) is 0.290. The lowest BCUT2D eigenvalue weighted by Gasteiger charge is -2.28. The molecule has 0 spiro atoms. The lowest BCUT2D eigenvalue weighted by atomic mass is 9.98. The molecule has 2 aliphatic rings. The molecule has 1 aromatic rings. The van der Waals surface area contributed by atoms with Crippen molar-refractivity contribution in [1.82, 2.24) is 0 Å². The Bertz CT molecular complexity index is 684. The molecule has 2 heterocycles. The second-order valence-electron chi connectivity index (χ2n) is 5.94. The Morgan fingerprint density at radius 1 is 1.33 bits per heavy atom. The van der Waals surface area contributed by atoms with Gasteiger partial charge in [-0.05, 0) is 30.0 Å². The Labute approximate surface area is 125 Å². The predicted octanol–water partition coefficient (Wildman–Crippen LogP) is 1.17. The van der Waals surface area contributed by atoms with Crippen molar-refractivity contribution < 1.29 is 13.2 Å². The first-order valence-corrected chi connectivity index (χ1v) is 8.98. The van der Waals surface area contributed by atoms with Crippen LogP contribution < -0.4 is 10.6 Å². The molecule has 0 aromatic heterocycles. The van der Waals surface area contributed by atoms with Crippen molar-refractivity contribution in [2.24, 2.45) is 5.73 Å². The summed E-state index contributed by atoms with van der Waals surface area (Å²) in [6, 6.07) is 5.10. The number of likely N-dealkylation sites (N-methyl/N-ethyl adjacent to an activating group) is 1. The topological polar surface area (TPSA) is 80.5 Å². The quantitative estimate of drug-likeness (QED) is 0.889. The first kappa shape index (κ1) is 14.5. The number of nitrogens with zero attached hydrogens (tertiary/aromatic N) is 1. The third-order valence-corrected chi connectivity index (χ3v) is 6.90. The van der Waals surface area contributed by atoms with E-state index < -0.39 is 21.1 Å². The molecule has 21 heavy (non-hydrogen) atoms. The molecular weight excluding hydrogens is 288 g/mol. The molecule has 0 radical (unpaired) electrons. The van der Waals surface area contributed by atoms with Crippen LogP contribution in [0.5, 0.6) is 0 Å². The molecule has 1 aromatic carbocycles. The predicted molar refractivity (Wildman–Crippen MR) is 81.9 cm³/mol. The third kappa shape index (κ3) is 2.46. The summed E-state index contributed by atoms with van der Waals surface area (Å²) < 4.78 is 24.4. The molecule has 5 nitrogen and oxygen atoms in total. The van der Waals surface area contributed by atoms with Crippen molar-refractivity contribution in [3.63, 3.8) is 0 Å². The molecule has 114 valence electrons. The van der Waals surface area contributed by atoms with Gasteiger partial charge in [0.2, 0.25) is 5.91 Å². The maximum absolute atomic E-state index is 12.2. The normalized spacial score (nSPS) is 25.7.